The lowest BCUT2D eigenvalue weighted by atomic mass is 10.1. The SMILES string of the molecule is Cc1cc([N+](=O)[O-])ccc1NCc1cn[nH]c1C. The third-order valence-corrected chi connectivity index (χ3v) is 2.82. The molecule has 0 radical (unpaired) electrons. The van der Waals surface area contributed by atoms with Crippen molar-refractivity contribution in [2.75, 3.05) is 5.32 Å². The second-order valence-corrected chi connectivity index (χ2v) is 4.13. The third-order valence-electron chi connectivity index (χ3n) is 2.82. The first-order valence-corrected chi connectivity index (χ1v) is 5.55. The van der Waals surface area contributed by atoms with E-state index in [1.165, 1.54) is 6.07 Å². The molecule has 2 aromatic rings. The zero-order valence-corrected chi connectivity index (χ0v) is 10.2. The van der Waals surface area contributed by atoms with Gasteiger partial charge in [0.1, 0.15) is 0 Å². The maximum absolute atomic E-state index is 10.6. The molecule has 6 heteroatoms. The first-order chi connectivity index (χ1) is 8.58. The minimum Gasteiger partial charge on any atom is -0.381 e. The number of anilines is 1. The zero-order valence-electron chi connectivity index (χ0n) is 10.2. The predicted molar refractivity (Wildman–Crippen MR) is 68.5 cm³/mol. The highest BCUT2D eigenvalue weighted by atomic mass is 16.6. The molecule has 2 N–H and O–H groups in total. The minimum absolute atomic E-state index is 0.109. The summed E-state index contributed by atoms with van der Waals surface area (Å²) in [4.78, 5) is 10.2. The lowest BCUT2D eigenvalue weighted by molar-refractivity contribution is -0.384. The number of H-pyrrole nitrogens is 1. The van der Waals surface area contributed by atoms with E-state index in [0.717, 1.165) is 22.5 Å². The van der Waals surface area contributed by atoms with Gasteiger partial charge in [-0.15, -0.1) is 0 Å². The Kier molecular flexibility index (Phi) is 3.27. The van der Waals surface area contributed by atoms with Crippen LogP contribution in [-0.4, -0.2) is 15.1 Å². The van der Waals surface area contributed by atoms with Gasteiger partial charge in [0.2, 0.25) is 0 Å². The zero-order chi connectivity index (χ0) is 13.1. The molecule has 0 atom stereocenters. The molecule has 1 aromatic heterocycles. The van der Waals surface area contributed by atoms with Crippen LogP contribution < -0.4 is 5.32 Å². The van der Waals surface area contributed by atoms with Crippen LogP contribution in [0.15, 0.2) is 24.4 Å². The Morgan fingerprint density at radius 2 is 2.22 bits per heavy atom. The van der Waals surface area contributed by atoms with Crippen LogP contribution in [0.4, 0.5) is 11.4 Å². The van der Waals surface area contributed by atoms with Gasteiger partial charge in [-0.3, -0.25) is 15.2 Å². The summed E-state index contributed by atoms with van der Waals surface area (Å²) in [5.74, 6) is 0. The van der Waals surface area contributed by atoms with Crippen molar-refractivity contribution in [1.29, 1.82) is 0 Å². The summed E-state index contributed by atoms with van der Waals surface area (Å²) in [5, 5.41) is 20.7. The Hall–Kier alpha value is -2.37. The summed E-state index contributed by atoms with van der Waals surface area (Å²) in [6, 6.07) is 4.78. The van der Waals surface area contributed by atoms with Gasteiger partial charge in [0.15, 0.2) is 0 Å². The fourth-order valence-electron chi connectivity index (χ4n) is 1.70. The average molecular weight is 246 g/mol. The monoisotopic (exact) mass is 246 g/mol. The van der Waals surface area contributed by atoms with Crippen LogP contribution in [0.1, 0.15) is 16.8 Å². The molecule has 6 nitrogen and oxygen atoms in total. The average Bonchev–Trinajstić information content (AvgIpc) is 2.73. The fourth-order valence-corrected chi connectivity index (χ4v) is 1.70. The lowest BCUT2D eigenvalue weighted by Gasteiger charge is -2.08. The minimum atomic E-state index is -0.392. The first-order valence-electron chi connectivity index (χ1n) is 5.55. The quantitative estimate of drug-likeness (QED) is 0.641. The smallest absolute Gasteiger partial charge is 0.269 e. The molecule has 0 saturated carbocycles. The summed E-state index contributed by atoms with van der Waals surface area (Å²) >= 11 is 0. The molecule has 2 rings (SSSR count). The van der Waals surface area contributed by atoms with Gasteiger partial charge in [-0.05, 0) is 25.5 Å². The van der Waals surface area contributed by atoms with Crippen molar-refractivity contribution >= 4 is 11.4 Å². The van der Waals surface area contributed by atoms with Gasteiger partial charge in [-0.25, -0.2) is 0 Å². The Balaban J connectivity index is 2.11. The summed E-state index contributed by atoms with van der Waals surface area (Å²) in [6.07, 6.45) is 1.77. The van der Waals surface area contributed by atoms with Crippen molar-refractivity contribution < 1.29 is 4.92 Å². The summed E-state index contributed by atoms with van der Waals surface area (Å²) in [5.41, 5.74) is 3.94. The molecule has 0 aliphatic carbocycles. The van der Waals surface area contributed by atoms with E-state index in [2.05, 4.69) is 15.5 Å². The van der Waals surface area contributed by atoms with Gasteiger partial charge < -0.3 is 5.32 Å². The van der Waals surface area contributed by atoms with Crippen LogP contribution in [0.2, 0.25) is 0 Å². The van der Waals surface area contributed by atoms with Crippen molar-refractivity contribution in [2.24, 2.45) is 0 Å². The fraction of sp³-hybridized carbons (Fsp3) is 0.250. The number of aryl methyl sites for hydroxylation is 2. The van der Waals surface area contributed by atoms with E-state index in [9.17, 15) is 10.1 Å². The lowest BCUT2D eigenvalue weighted by Crippen LogP contribution is -2.02. The Morgan fingerprint density at radius 1 is 1.44 bits per heavy atom. The highest BCUT2D eigenvalue weighted by Crippen LogP contribution is 2.21. The molecule has 0 unspecified atom stereocenters. The number of non-ortho nitro benzene ring substituents is 1. The van der Waals surface area contributed by atoms with Crippen LogP contribution in [0.5, 0.6) is 0 Å². The number of aromatic amines is 1. The molecular formula is C12H14N4O2. The van der Waals surface area contributed by atoms with Crippen LogP contribution in [0.3, 0.4) is 0 Å². The maximum atomic E-state index is 10.6. The maximum Gasteiger partial charge on any atom is 0.269 e. The summed E-state index contributed by atoms with van der Waals surface area (Å²) < 4.78 is 0. The van der Waals surface area contributed by atoms with E-state index in [1.807, 2.05) is 13.8 Å². The molecule has 0 bridgehead atoms. The second-order valence-electron chi connectivity index (χ2n) is 4.13. The molecule has 0 spiro atoms. The molecule has 0 aliphatic heterocycles. The predicted octanol–water partition coefficient (Wildman–Crippen LogP) is 2.55. The Morgan fingerprint density at radius 3 is 2.78 bits per heavy atom. The highest BCUT2D eigenvalue weighted by molar-refractivity contribution is 5.55. The number of benzene rings is 1. The number of nitro benzene ring substituents is 1. The van der Waals surface area contributed by atoms with Crippen molar-refractivity contribution in [1.82, 2.24) is 10.2 Å². The van der Waals surface area contributed by atoms with Crippen LogP contribution in [0, 0.1) is 24.0 Å². The topological polar surface area (TPSA) is 83.8 Å². The van der Waals surface area contributed by atoms with Gasteiger partial charge in [-0.2, -0.15) is 5.10 Å². The van der Waals surface area contributed by atoms with Crippen molar-refractivity contribution in [2.45, 2.75) is 20.4 Å². The van der Waals surface area contributed by atoms with Gasteiger partial charge in [0.25, 0.3) is 5.69 Å². The number of nitro groups is 1. The summed E-state index contributed by atoms with van der Waals surface area (Å²) in [6.45, 7) is 4.44. The molecule has 94 valence electrons. The molecular weight excluding hydrogens is 232 g/mol. The molecule has 1 aromatic carbocycles. The molecule has 18 heavy (non-hydrogen) atoms. The molecule has 0 fully saturated rings. The molecule has 0 aliphatic rings. The van der Waals surface area contributed by atoms with Crippen molar-refractivity contribution in [3.63, 3.8) is 0 Å². The van der Waals surface area contributed by atoms with Crippen LogP contribution in [0.25, 0.3) is 0 Å². The first kappa shape index (κ1) is 12.1. The molecule has 0 saturated heterocycles. The standard InChI is InChI=1S/C12H14N4O2/c1-8-5-11(16(17)18)3-4-12(8)13-6-10-7-14-15-9(10)2/h3-5,7,13H,6H2,1-2H3,(H,14,15). The number of hydrogen-bond donors (Lipinski definition) is 2. The number of aromatic nitrogens is 2. The van der Waals surface area contributed by atoms with E-state index in [1.54, 1.807) is 18.3 Å². The van der Waals surface area contributed by atoms with Crippen LogP contribution in [-0.2, 0) is 6.54 Å². The largest absolute Gasteiger partial charge is 0.381 e. The van der Waals surface area contributed by atoms with E-state index >= 15 is 0 Å². The van der Waals surface area contributed by atoms with E-state index in [-0.39, 0.29) is 5.69 Å². The van der Waals surface area contributed by atoms with E-state index < -0.39 is 4.92 Å². The Labute approximate surface area is 104 Å². The summed E-state index contributed by atoms with van der Waals surface area (Å²) in [7, 11) is 0. The molecule has 0 amide bonds. The van der Waals surface area contributed by atoms with Crippen molar-refractivity contribution in [3.8, 4) is 0 Å². The number of rotatable bonds is 4. The number of hydrogen-bond acceptors (Lipinski definition) is 4. The number of nitrogens with one attached hydrogen (secondary N) is 2. The van der Waals surface area contributed by atoms with Gasteiger partial charge in [-0.1, -0.05) is 0 Å². The molecule has 1 heterocycles. The third kappa shape index (κ3) is 2.48. The van der Waals surface area contributed by atoms with Gasteiger partial charge in [0, 0.05) is 35.6 Å². The highest BCUT2D eigenvalue weighted by Gasteiger charge is 2.08. The van der Waals surface area contributed by atoms with Crippen molar-refractivity contribution in [3.05, 3.63) is 51.3 Å². The second kappa shape index (κ2) is 4.87. The van der Waals surface area contributed by atoms with E-state index in [0.29, 0.717) is 6.54 Å². The van der Waals surface area contributed by atoms with E-state index in [4.69, 9.17) is 0 Å². The number of nitrogens with zero attached hydrogens (tertiary/aromatic N) is 2. The van der Waals surface area contributed by atoms with Gasteiger partial charge in [0.05, 0.1) is 11.1 Å². The van der Waals surface area contributed by atoms with Crippen LogP contribution >= 0.6 is 0 Å². The normalized spacial score (nSPS) is 10.3. The van der Waals surface area contributed by atoms with Gasteiger partial charge >= 0.3 is 0 Å². The Bertz CT molecular complexity index is 577.